The van der Waals surface area contributed by atoms with Crippen LogP contribution in [0.15, 0.2) is 18.2 Å². The number of rotatable bonds is 1. The van der Waals surface area contributed by atoms with Crippen LogP contribution in [0.5, 0.6) is 0 Å². The molecule has 0 aliphatic carbocycles. The molecule has 0 nitrogen and oxygen atoms in total. The third-order valence-corrected chi connectivity index (χ3v) is 4.23. The number of benzene rings is 1. The molecular weight excluding hydrogens is 254 g/mol. The van der Waals surface area contributed by atoms with Crippen LogP contribution in [0.4, 0.5) is 4.39 Å². The summed E-state index contributed by atoms with van der Waals surface area (Å²) in [5.74, 6) is -0.00204. The Morgan fingerprint density at radius 3 is 2.91 bits per heavy atom. The van der Waals surface area contributed by atoms with Gasteiger partial charge in [0.25, 0.3) is 0 Å². The van der Waals surface area contributed by atoms with Gasteiger partial charge in [0.05, 0.1) is 0 Å². The van der Waals surface area contributed by atoms with Gasteiger partial charge in [0, 0.05) is 0 Å². The Labute approximate surface area is 76.1 Å². The van der Waals surface area contributed by atoms with E-state index in [0.29, 0.717) is 25.1 Å². The molecule has 0 aromatic heterocycles. The second kappa shape index (κ2) is 2.73. The predicted octanol–water partition coefficient (Wildman–Crippen LogP) is -0.722. The maximum atomic E-state index is 13.1. The fraction of sp³-hybridized carbons (Fsp3) is 0.333. The Morgan fingerprint density at radius 1 is 1.55 bits per heavy atom. The average molecular weight is 263 g/mol. The van der Waals surface area contributed by atoms with Gasteiger partial charge in [0.1, 0.15) is 0 Å². The van der Waals surface area contributed by atoms with E-state index < -0.39 is 0 Å². The molecule has 0 saturated carbocycles. The van der Waals surface area contributed by atoms with Crippen LogP contribution in [-0.2, 0) is 0 Å². The number of hydrogen-bond donors (Lipinski definition) is 0. The van der Waals surface area contributed by atoms with Crippen molar-refractivity contribution in [3.8, 4) is 0 Å². The third-order valence-electron chi connectivity index (χ3n) is 1.80. The van der Waals surface area contributed by atoms with Crippen LogP contribution in [-0.4, -0.2) is 4.43 Å². The van der Waals surface area contributed by atoms with E-state index in [9.17, 15) is 4.39 Å². The number of hydrogen-bond acceptors (Lipinski definition) is 0. The van der Waals surface area contributed by atoms with Crippen LogP contribution in [0.25, 0.3) is 0 Å². The van der Waals surface area contributed by atoms with Crippen molar-refractivity contribution < 1.29 is 25.6 Å². The Balaban J connectivity index is 2.42. The summed E-state index contributed by atoms with van der Waals surface area (Å²) in [6.07, 6.45) is 0. The Bertz CT molecular complexity index is 279. The summed E-state index contributed by atoms with van der Waals surface area (Å²) in [6, 6.07) is 5.42. The van der Waals surface area contributed by atoms with Crippen LogP contribution in [0.1, 0.15) is 15.1 Å². The fourth-order valence-electron chi connectivity index (χ4n) is 1.11. The fourth-order valence-corrected chi connectivity index (χ4v) is 2.79. The molecule has 1 aromatic carbocycles. The van der Waals surface area contributed by atoms with Crippen molar-refractivity contribution >= 4 is 0 Å². The molecule has 0 amide bonds. The van der Waals surface area contributed by atoms with Crippen molar-refractivity contribution in [1.82, 2.24) is 0 Å². The number of aryl methyl sites for hydroxylation is 1. The predicted molar refractivity (Wildman–Crippen MR) is 38.7 cm³/mol. The van der Waals surface area contributed by atoms with Gasteiger partial charge in [-0.15, -0.1) is 0 Å². The van der Waals surface area contributed by atoms with E-state index in [1.807, 2.05) is 19.1 Å². The molecule has 1 heterocycles. The first-order chi connectivity index (χ1) is 5.27. The second-order valence-corrected chi connectivity index (χ2v) is 6.07. The minimum absolute atomic E-state index is 0.00204. The van der Waals surface area contributed by atoms with E-state index in [-0.39, 0.29) is 5.82 Å². The van der Waals surface area contributed by atoms with Gasteiger partial charge >= 0.3 is 76.0 Å². The molecule has 0 radical (unpaired) electrons. The first-order valence-electron chi connectivity index (χ1n) is 3.61. The Kier molecular flexibility index (Phi) is 1.87. The molecular formula is C9H9FI-. The second-order valence-electron chi connectivity index (χ2n) is 2.80. The van der Waals surface area contributed by atoms with Crippen molar-refractivity contribution in [3.05, 3.63) is 35.1 Å². The first kappa shape index (κ1) is 7.53. The van der Waals surface area contributed by atoms with E-state index in [4.69, 9.17) is 0 Å². The van der Waals surface area contributed by atoms with Crippen LogP contribution >= 0.6 is 0 Å². The topological polar surface area (TPSA) is 0 Å². The van der Waals surface area contributed by atoms with Gasteiger partial charge in [-0.3, -0.25) is 0 Å². The third kappa shape index (κ3) is 1.55. The van der Waals surface area contributed by atoms with Crippen molar-refractivity contribution in [2.24, 2.45) is 0 Å². The molecule has 1 aliphatic heterocycles. The van der Waals surface area contributed by atoms with Crippen LogP contribution in [0.2, 0.25) is 0 Å². The summed E-state index contributed by atoms with van der Waals surface area (Å²) in [4.78, 5) is 0. The SMILES string of the molecule is Cc1ccc(F)c(C2C[I-]2)c1. The minimum atomic E-state index is -0.00204. The van der Waals surface area contributed by atoms with E-state index >= 15 is 0 Å². The number of halogens is 2. The normalized spacial score (nSPS) is 22.5. The standard InChI is InChI=1S/C9H9FI/c1-6-2-3-8(10)7(4-6)9-5-11-9/h2-4,9H,5H2,1H3/q-1. The molecule has 1 saturated heterocycles. The van der Waals surface area contributed by atoms with E-state index in [0.717, 1.165) is 5.56 Å². The monoisotopic (exact) mass is 263 g/mol. The molecule has 1 fully saturated rings. The molecule has 1 aliphatic rings. The van der Waals surface area contributed by atoms with Gasteiger partial charge in [0.2, 0.25) is 0 Å². The molecule has 60 valence electrons. The van der Waals surface area contributed by atoms with Crippen molar-refractivity contribution in [1.29, 1.82) is 0 Å². The van der Waals surface area contributed by atoms with Crippen molar-refractivity contribution in [3.63, 3.8) is 0 Å². The molecule has 2 rings (SSSR count). The molecule has 0 N–H and O–H groups in total. The maximum absolute atomic E-state index is 13.1. The molecule has 1 unspecified atom stereocenters. The molecule has 2 heteroatoms. The zero-order chi connectivity index (χ0) is 7.84. The summed E-state index contributed by atoms with van der Waals surface area (Å²) >= 11 is 0.326. The van der Waals surface area contributed by atoms with Crippen LogP contribution in [0.3, 0.4) is 0 Å². The van der Waals surface area contributed by atoms with Gasteiger partial charge in [-0.25, -0.2) is 0 Å². The molecule has 1 aromatic rings. The van der Waals surface area contributed by atoms with Gasteiger partial charge < -0.3 is 0 Å². The quantitative estimate of drug-likeness (QED) is 0.463. The van der Waals surface area contributed by atoms with Gasteiger partial charge in [-0.05, 0) is 0 Å². The average Bonchev–Trinajstić information content (AvgIpc) is 2.76. The molecule has 1 atom stereocenters. The van der Waals surface area contributed by atoms with Gasteiger partial charge in [-0.2, -0.15) is 0 Å². The van der Waals surface area contributed by atoms with Gasteiger partial charge in [0.15, 0.2) is 0 Å². The summed E-state index contributed by atoms with van der Waals surface area (Å²) in [5, 5.41) is 0. The summed E-state index contributed by atoms with van der Waals surface area (Å²) in [6.45, 7) is 2.02. The van der Waals surface area contributed by atoms with E-state index in [1.54, 1.807) is 6.07 Å². The van der Waals surface area contributed by atoms with E-state index in [2.05, 4.69) is 0 Å². The number of alkyl halides is 2. The molecule has 11 heavy (non-hydrogen) atoms. The zero-order valence-electron chi connectivity index (χ0n) is 6.27. The Morgan fingerprint density at radius 2 is 2.27 bits per heavy atom. The van der Waals surface area contributed by atoms with Crippen LogP contribution in [0, 0.1) is 12.7 Å². The zero-order valence-corrected chi connectivity index (χ0v) is 8.43. The molecule has 0 bridgehead atoms. The summed E-state index contributed by atoms with van der Waals surface area (Å²) < 4.78 is 15.0. The van der Waals surface area contributed by atoms with E-state index in [1.165, 1.54) is 9.99 Å². The molecule has 0 spiro atoms. The van der Waals surface area contributed by atoms with Gasteiger partial charge in [-0.1, -0.05) is 0 Å². The van der Waals surface area contributed by atoms with Crippen LogP contribution < -0.4 is 21.2 Å². The van der Waals surface area contributed by atoms with Crippen molar-refractivity contribution in [2.75, 3.05) is 4.43 Å². The Hall–Kier alpha value is -0.120. The summed E-state index contributed by atoms with van der Waals surface area (Å²) in [5.41, 5.74) is 2.15. The van der Waals surface area contributed by atoms with Crippen molar-refractivity contribution in [2.45, 2.75) is 10.8 Å². The first-order valence-corrected chi connectivity index (χ1v) is 6.38. The summed E-state index contributed by atoms with van der Waals surface area (Å²) in [7, 11) is 0.